The van der Waals surface area contributed by atoms with Crippen LogP contribution in [0.2, 0.25) is 0 Å². The number of rotatable bonds is 6. The Labute approximate surface area is 134 Å². The van der Waals surface area contributed by atoms with Gasteiger partial charge in [0.1, 0.15) is 5.75 Å². The summed E-state index contributed by atoms with van der Waals surface area (Å²) in [6, 6.07) is 9.43. The van der Waals surface area contributed by atoms with Gasteiger partial charge in [0.2, 0.25) is 5.75 Å². The normalized spacial score (nSPS) is 10.0. The Kier molecular flexibility index (Phi) is 4.91. The van der Waals surface area contributed by atoms with Crippen molar-refractivity contribution in [2.45, 2.75) is 0 Å². The highest BCUT2D eigenvalue weighted by molar-refractivity contribution is 6.28. The third kappa shape index (κ3) is 3.29. The molecule has 0 aliphatic rings. The number of hydrogen-bond acceptors (Lipinski definition) is 5. The quantitative estimate of drug-likeness (QED) is 0.654. The van der Waals surface area contributed by atoms with Crippen molar-refractivity contribution >= 4 is 11.4 Å². The number of hydrogen-bond donors (Lipinski definition) is 1. The Morgan fingerprint density at radius 3 is 1.87 bits per heavy atom. The monoisotopic (exact) mass is 314 g/mol. The first-order valence-corrected chi connectivity index (χ1v) is 6.84. The number of carbonyl (C=O) groups excluding carboxylic acids is 1. The van der Waals surface area contributed by atoms with Crippen LogP contribution in [0.1, 0.15) is 15.9 Å². The third-order valence-corrected chi connectivity index (χ3v) is 3.42. The number of phenolic OH excluding ortho intramolecular Hbond substituents is 1. The third-order valence-electron chi connectivity index (χ3n) is 3.42. The van der Waals surface area contributed by atoms with E-state index in [-0.39, 0.29) is 11.5 Å². The predicted molar refractivity (Wildman–Crippen MR) is 87.6 cm³/mol. The van der Waals surface area contributed by atoms with Crippen molar-refractivity contribution in [1.82, 2.24) is 0 Å². The fraction of sp³-hybridized carbons (Fsp3) is 0.167. The molecule has 0 aliphatic heterocycles. The molecule has 23 heavy (non-hydrogen) atoms. The topological polar surface area (TPSA) is 65.0 Å². The largest absolute Gasteiger partial charge is 0.508 e. The number of ketones is 1. The molecule has 0 spiro atoms. The minimum Gasteiger partial charge on any atom is -0.508 e. The SMILES string of the molecule is C=C(C(=O)c1cc(OC)c(OC)c(OC)c1)c1ccc(O)cc1. The number of methoxy groups -OCH3 is 3. The van der Waals surface area contributed by atoms with E-state index in [0.29, 0.717) is 33.9 Å². The average Bonchev–Trinajstić information content (AvgIpc) is 2.59. The molecule has 0 saturated heterocycles. The molecule has 0 radical (unpaired) electrons. The smallest absolute Gasteiger partial charge is 0.203 e. The maximum atomic E-state index is 12.7. The van der Waals surface area contributed by atoms with Gasteiger partial charge in [0, 0.05) is 11.1 Å². The van der Waals surface area contributed by atoms with E-state index in [4.69, 9.17) is 14.2 Å². The van der Waals surface area contributed by atoms with Crippen molar-refractivity contribution in [3.63, 3.8) is 0 Å². The molecule has 0 atom stereocenters. The molecule has 2 aromatic rings. The van der Waals surface area contributed by atoms with Gasteiger partial charge in [-0.2, -0.15) is 0 Å². The molecule has 0 fully saturated rings. The maximum absolute atomic E-state index is 12.7. The van der Waals surface area contributed by atoms with E-state index in [9.17, 15) is 9.90 Å². The van der Waals surface area contributed by atoms with E-state index in [0.717, 1.165) is 0 Å². The summed E-state index contributed by atoms with van der Waals surface area (Å²) in [7, 11) is 4.47. The summed E-state index contributed by atoms with van der Waals surface area (Å²) >= 11 is 0. The van der Waals surface area contributed by atoms with E-state index in [1.165, 1.54) is 33.5 Å². The first kappa shape index (κ1) is 16.4. The average molecular weight is 314 g/mol. The molecule has 5 nitrogen and oxygen atoms in total. The second-order valence-corrected chi connectivity index (χ2v) is 4.77. The molecule has 5 heteroatoms. The molecule has 0 bridgehead atoms. The minimum atomic E-state index is -0.269. The van der Waals surface area contributed by atoms with Gasteiger partial charge in [-0.1, -0.05) is 18.7 Å². The van der Waals surface area contributed by atoms with Gasteiger partial charge in [0.15, 0.2) is 17.3 Å². The standard InChI is InChI=1S/C18H18O5/c1-11(12-5-7-14(19)8-6-12)17(20)13-9-15(21-2)18(23-4)16(10-13)22-3/h5-10,19H,1H2,2-4H3. The Bertz CT molecular complexity index is 707. The highest BCUT2D eigenvalue weighted by Crippen LogP contribution is 2.39. The van der Waals surface area contributed by atoms with Crippen LogP contribution in [0.15, 0.2) is 43.0 Å². The van der Waals surface area contributed by atoms with Crippen molar-refractivity contribution in [3.05, 3.63) is 54.1 Å². The lowest BCUT2D eigenvalue weighted by Crippen LogP contribution is -2.04. The van der Waals surface area contributed by atoms with Gasteiger partial charge in [-0.15, -0.1) is 0 Å². The van der Waals surface area contributed by atoms with E-state index >= 15 is 0 Å². The lowest BCUT2D eigenvalue weighted by Gasteiger charge is -2.14. The van der Waals surface area contributed by atoms with E-state index in [2.05, 4.69) is 6.58 Å². The minimum absolute atomic E-state index is 0.127. The van der Waals surface area contributed by atoms with Crippen LogP contribution in [-0.2, 0) is 0 Å². The fourth-order valence-corrected chi connectivity index (χ4v) is 2.18. The number of Topliss-reactive ketones (excluding diaryl/α,β-unsaturated/α-hetero) is 1. The van der Waals surface area contributed by atoms with Crippen molar-refractivity contribution in [2.75, 3.05) is 21.3 Å². The molecule has 2 aromatic carbocycles. The lowest BCUT2D eigenvalue weighted by molar-refractivity contribution is 0.105. The maximum Gasteiger partial charge on any atom is 0.203 e. The number of phenols is 1. The predicted octanol–water partition coefficient (Wildman–Crippen LogP) is 3.31. The summed E-state index contributed by atoms with van der Waals surface area (Å²) in [5.74, 6) is 1.07. The highest BCUT2D eigenvalue weighted by atomic mass is 16.5. The van der Waals surface area contributed by atoms with Crippen LogP contribution in [0, 0.1) is 0 Å². The first-order valence-electron chi connectivity index (χ1n) is 6.84. The summed E-state index contributed by atoms with van der Waals surface area (Å²) in [4.78, 5) is 12.7. The van der Waals surface area contributed by atoms with Crippen LogP contribution >= 0.6 is 0 Å². The van der Waals surface area contributed by atoms with E-state index in [1.54, 1.807) is 24.3 Å². The van der Waals surface area contributed by atoms with Crippen molar-refractivity contribution in [3.8, 4) is 23.0 Å². The first-order chi connectivity index (χ1) is 11.0. The second kappa shape index (κ2) is 6.87. The van der Waals surface area contributed by atoms with E-state index in [1.807, 2.05) is 0 Å². The van der Waals surface area contributed by atoms with Crippen LogP contribution in [0.5, 0.6) is 23.0 Å². The Morgan fingerprint density at radius 1 is 0.913 bits per heavy atom. The highest BCUT2D eigenvalue weighted by Gasteiger charge is 2.19. The van der Waals surface area contributed by atoms with Crippen LogP contribution in [0.4, 0.5) is 0 Å². The van der Waals surface area contributed by atoms with Gasteiger partial charge in [0.05, 0.1) is 21.3 Å². The lowest BCUT2D eigenvalue weighted by atomic mass is 9.97. The summed E-state index contributed by atoms with van der Waals surface area (Å²) < 4.78 is 15.7. The number of aromatic hydroxyl groups is 1. The zero-order chi connectivity index (χ0) is 17.0. The second-order valence-electron chi connectivity index (χ2n) is 4.77. The molecule has 1 N–H and O–H groups in total. The molecule has 0 aliphatic carbocycles. The fourth-order valence-electron chi connectivity index (χ4n) is 2.18. The van der Waals surface area contributed by atoms with Crippen LogP contribution < -0.4 is 14.2 Å². The summed E-state index contributed by atoms with van der Waals surface area (Å²) in [5.41, 5.74) is 1.30. The number of carbonyl (C=O) groups is 1. The molecular formula is C18H18O5. The molecule has 120 valence electrons. The summed E-state index contributed by atoms with van der Waals surface area (Å²) in [5, 5.41) is 9.33. The van der Waals surface area contributed by atoms with Gasteiger partial charge in [0.25, 0.3) is 0 Å². The van der Waals surface area contributed by atoms with Crippen LogP contribution in [-0.4, -0.2) is 32.2 Å². The molecule has 0 amide bonds. The molecule has 0 saturated carbocycles. The van der Waals surface area contributed by atoms with E-state index < -0.39 is 0 Å². The van der Waals surface area contributed by atoms with Gasteiger partial charge in [-0.05, 0) is 29.8 Å². The number of benzene rings is 2. The van der Waals surface area contributed by atoms with Crippen LogP contribution in [0.3, 0.4) is 0 Å². The zero-order valence-corrected chi connectivity index (χ0v) is 13.3. The molecule has 0 heterocycles. The van der Waals surface area contributed by atoms with Gasteiger partial charge >= 0.3 is 0 Å². The number of allylic oxidation sites excluding steroid dienone is 1. The molecule has 0 aromatic heterocycles. The van der Waals surface area contributed by atoms with Crippen LogP contribution in [0.25, 0.3) is 5.57 Å². The molecule has 0 unspecified atom stereocenters. The van der Waals surface area contributed by atoms with Gasteiger partial charge in [-0.25, -0.2) is 0 Å². The zero-order valence-electron chi connectivity index (χ0n) is 13.3. The molecular weight excluding hydrogens is 296 g/mol. The van der Waals surface area contributed by atoms with Gasteiger partial charge < -0.3 is 19.3 Å². The Hall–Kier alpha value is -2.95. The Balaban J connectivity index is 2.42. The van der Waals surface area contributed by atoms with Crippen molar-refractivity contribution in [1.29, 1.82) is 0 Å². The van der Waals surface area contributed by atoms with Crippen molar-refractivity contribution < 1.29 is 24.1 Å². The molecule has 2 rings (SSSR count). The Morgan fingerprint density at radius 2 is 1.43 bits per heavy atom. The summed E-state index contributed by atoms with van der Waals surface area (Å²) in [6.45, 7) is 3.84. The van der Waals surface area contributed by atoms with Crippen molar-refractivity contribution in [2.24, 2.45) is 0 Å². The summed E-state index contributed by atoms with van der Waals surface area (Å²) in [6.07, 6.45) is 0. The number of ether oxygens (including phenoxy) is 3. The van der Waals surface area contributed by atoms with Gasteiger partial charge in [-0.3, -0.25) is 4.79 Å².